The Morgan fingerprint density at radius 2 is 1.78 bits per heavy atom. The summed E-state index contributed by atoms with van der Waals surface area (Å²) in [5.74, 6) is -2.37. The van der Waals surface area contributed by atoms with Crippen molar-refractivity contribution in [1.29, 1.82) is 0 Å². The van der Waals surface area contributed by atoms with Crippen molar-refractivity contribution in [2.24, 2.45) is 0 Å². The first-order valence-electron chi connectivity index (χ1n) is 11.1. The Labute approximate surface area is 216 Å². The summed E-state index contributed by atoms with van der Waals surface area (Å²) in [4.78, 5) is 40.6. The molecule has 0 saturated carbocycles. The predicted molar refractivity (Wildman–Crippen MR) is 136 cm³/mol. The van der Waals surface area contributed by atoms with Crippen molar-refractivity contribution >= 4 is 45.9 Å². The van der Waals surface area contributed by atoms with Crippen LogP contribution < -0.4 is 9.64 Å². The molecule has 37 heavy (non-hydrogen) atoms. The molecule has 1 atom stereocenters. The van der Waals surface area contributed by atoms with Gasteiger partial charge in [0.2, 0.25) is 5.78 Å². The third-order valence-corrected chi connectivity index (χ3v) is 6.34. The van der Waals surface area contributed by atoms with Gasteiger partial charge in [0.05, 0.1) is 31.4 Å². The van der Waals surface area contributed by atoms with E-state index in [0.717, 1.165) is 0 Å². The molecule has 0 bridgehead atoms. The van der Waals surface area contributed by atoms with Gasteiger partial charge in [0.1, 0.15) is 11.3 Å². The van der Waals surface area contributed by atoms with Crippen molar-refractivity contribution in [3.8, 4) is 5.75 Å². The highest BCUT2D eigenvalue weighted by molar-refractivity contribution is 6.31. The molecule has 3 aromatic carbocycles. The van der Waals surface area contributed by atoms with Crippen molar-refractivity contribution in [3.63, 3.8) is 0 Å². The minimum atomic E-state index is -1.04. The highest BCUT2D eigenvalue weighted by Crippen LogP contribution is 2.43. The van der Waals surface area contributed by atoms with Gasteiger partial charge in [-0.25, -0.2) is 4.79 Å². The normalized spacial score (nSPS) is 15.4. The first-order valence-corrected chi connectivity index (χ1v) is 11.5. The van der Waals surface area contributed by atoms with E-state index in [1.165, 1.54) is 37.3 Å². The molecule has 1 aliphatic rings. The number of anilines is 1. The molecule has 2 heterocycles. The molecule has 1 amide bonds. The van der Waals surface area contributed by atoms with E-state index in [4.69, 9.17) is 25.5 Å². The van der Waals surface area contributed by atoms with E-state index in [0.29, 0.717) is 27.3 Å². The smallest absolute Gasteiger partial charge is 0.337 e. The topological polar surface area (TPSA) is 106 Å². The molecular formula is C28H20ClNO7. The van der Waals surface area contributed by atoms with E-state index in [1.54, 1.807) is 54.6 Å². The summed E-state index contributed by atoms with van der Waals surface area (Å²) in [7, 11) is 2.75. The van der Waals surface area contributed by atoms with Crippen molar-refractivity contribution in [3.05, 3.63) is 106 Å². The van der Waals surface area contributed by atoms with Crippen LogP contribution in [0.15, 0.2) is 88.5 Å². The average Bonchev–Trinajstić information content (AvgIpc) is 3.46. The Morgan fingerprint density at radius 3 is 2.54 bits per heavy atom. The molecule has 9 heteroatoms. The molecule has 1 N–H and O–H groups in total. The number of carbonyl (C=O) groups is 3. The maximum absolute atomic E-state index is 13.8. The van der Waals surface area contributed by atoms with Crippen LogP contribution in [0.1, 0.15) is 32.5 Å². The zero-order chi connectivity index (χ0) is 26.3. The van der Waals surface area contributed by atoms with Gasteiger partial charge in [-0.05, 0) is 60.2 Å². The van der Waals surface area contributed by atoms with Crippen LogP contribution in [0.3, 0.4) is 0 Å². The molecule has 1 aliphatic heterocycles. The van der Waals surface area contributed by atoms with Gasteiger partial charge in [-0.15, -0.1) is 0 Å². The van der Waals surface area contributed by atoms with Crippen molar-refractivity contribution in [2.75, 3.05) is 19.1 Å². The number of hydrogen-bond acceptors (Lipinski definition) is 7. The van der Waals surface area contributed by atoms with Crippen molar-refractivity contribution in [1.82, 2.24) is 0 Å². The van der Waals surface area contributed by atoms with Crippen LogP contribution in [0.25, 0.3) is 11.0 Å². The number of rotatable bonds is 6. The van der Waals surface area contributed by atoms with Crippen LogP contribution in [-0.4, -0.2) is 37.0 Å². The number of carbonyl (C=O) groups excluding carboxylic acids is 3. The monoisotopic (exact) mass is 517 g/mol. The lowest BCUT2D eigenvalue weighted by atomic mass is 9.94. The third-order valence-electron chi connectivity index (χ3n) is 6.11. The predicted octanol–water partition coefficient (Wildman–Crippen LogP) is 5.66. The molecule has 0 aliphatic carbocycles. The van der Waals surface area contributed by atoms with Crippen LogP contribution in [0.2, 0.25) is 5.02 Å². The summed E-state index contributed by atoms with van der Waals surface area (Å²) in [5.41, 5.74) is 1.24. The first kappa shape index (κ1) is 24.1. The number of halogens is 1. The zero-order valence-corrected chi connectivity index (χ0v) is 20.5. The van der Waals surface area contributed by atoms with E-state index in [1.807, 2.05) is 0 Å². The number of benzene rings is 3. The number of furan rings is 1. The Morgan fingerprint density at radius 1 is 1.00 bits per heavy atom. The number of hydrogen-bond donors (Lipinski definition) is 1. The molecule has 1 aromatic heterocycles. The molecule has 4 aromatic rings. The Hall–Kier alpha value is -4.56. The van der Waals surface area contributed by atoms with Gasteiger partial charge in [-0.3, -0.25) is 14.5 Å². The molecule has 1 unspecified atom stereocenters. The number of aliphatic hydroxyl groups is 1. The van der Waals surface area contributed by atoms with Crippen LogP contribution in [-0.2, 0) is 9.53 Å². The quantitative estimate of drug-likeness (QED) is 0.259. The molecule has 8 nitrogen and oxygen atoms in total. The molecular weight excluding hydrogens is 498 g/mol. The van der Waals surface area contributed by atoms with E-state index in [2.05, 4.69) is 0 Å². The van der Waals surface area contributed by atoms with Gasteiger partial charge in [0, 0.05) is 16.1 Å². The number of aliphatic hydroxyl groups excluding tert-OH is 1. The highest BCUT2D eigenvalue weighted by atomic mass is 35.5. The van der Waals surface area contributed by atoms with E-state index >= 15 is 0 Å². The van der Waals surface area contributed by atoms with Gasteiger partial charge < -0.3 is 19.0 Å². The Kier molecular flexibility index (Phi) is 6.19. The SMILES string of the molecule is COC(=O)c1cccc(N2C(=O)C(O)=C(C(=O)c3cc4cc(Cl)ccc4o3)C2c2cccc(OC)c2)c1. The lowest BCUT2D eigenvalue weighted by molar-refractivity contribution is -0.117. The maximum Gasteiger partial charge on any atom is 0.337 e. The van der Waals surface area contributed by atoms with E-state index in [-0.39, 0.29) is 22.6 Å². The summed E-state index contributed by atoms with van der Waals surface area (Å²) in [6.07, 6.45) is 0. The van der Waals surface area contributed by atoms with Crippen LogP contribution in [0, 0.1) is 0 Å². The van der Waals surface area contributed by atoms with E-state index in [9.17, 15) is 19.5 Å². The van der Waals surface area contributed by atoms with Gasteiger partial charge >= 0.3 is 5.97 Å². The Balaban J connectivity index is 1.67. The van der Waals surface area contributed by atoms with Gasteiger partial charge in [-0.2, -0.15) is 0 Å². The second kappa shape index (κ2) is 9.48. The number of methoxy groups -OCH3 is 2. The lowest BCUT2D eigenvalue weighted by Crippen LogP contribution is -2.31. The molecule has 0 saturated heterocycles. The minimum Gasteiger partial charge on any atom is -0.503 e. The number of ether oxygens (including phenoxy) is 2. The molecule has 0 spiro atoms. The van der Waals surface area contributed by atoms with Crippen LogP contribution in [0.4, 0.5) is 5.69 Å². The minimum absolute atomic E-state index is 0.0651. The Bertz CT molecular complexity index is 1600. The first-order chi connectivity index (χ1) is 17.8. The fourth-order valence-corrected chi connectivity index (χ4v) is 4.57. The fourth-order valence-electron chi connectivity index (χ4n) is 4.39. The second-order valence-corrected chi connectivity index (χ2v) is 8.72. The van der Waals surface area contributed by atoms with Crippen molar-refractivity contribution < 1.29 is 33.4 Å². The van der Waals surface area contributed by atoms with Crippen molar-refractivity contribution in [2.45, 2.75) is 6.04 Å². The zero-order valence-electron chi connectivity index (χ0n) is 19.7. The number of nitrogens with zero attached hydrogens (tertiary/aromatic N) is 1. The van der Waals surface area contributed by atoms with Crippen LogP contribution >= 0.6 is 11.6 Å². The molecule has 186 valence electrons. The number of Topliss-reactive ketones (excluding diaryl/α,β-unsaturated/α-hetero) is 1. The summed E-state index contributed by atoms with van der Waals surface area (Å²) >= 11 is 6.07. The number of amides is 1. The van der Waals surface area contributed by atoms with Gasteiger partial charge in [-0.1, -0.05) is 29.8 Å². The van der Waals surface area contributed by atoms with Gasteiger partial charge in [0.15, 0.2) is 11.5 Å². The maximum atomic E-state index is 13.8. The third kappa shape index (κ3) is 4.21. The number of esters is 1. The summed E-state index contributed by atoms with van der Waals surface area (Å²) in [5, 5.41) is 12.1. The van der Waals surface area contributed by atoms with Gasteiger partial charge in [0.25, 0.3) is 5.91 Å². The van der Waals surface area contributed by atoms with Crippen LogP contribution in [0.5, 0.6) is 5.75 Å². The largest absolute Gasteiger partial charge is 0.503 e. The number of fused-ring (bicyclic) bond motifs is 1. The summed E-state index contributed by atoms with van der Waals surface area (Å²) < 4.78 is 15.9. The fraction of sp³-hybridized carbons (Fsp3) is 0.107. The molecule has 0 fully saturated rings. The number of ketones is 1. The summed E-state index contributed by atoms with van der Waals surface area (Å²) in [6, 6.07) is 18.4. The molecule has 0 radical (unpaired) electrons. The molecule has 5 rings (SSSR count). The second-order valence-electron chi connectivity index (χ2n) is 8.28. The average molecular weight is 518 g/mol. The lowest BCUT2D eigenvalue weighted by Gasteiger charge is -2.27. The van der Waals surface area contributed by atoms with E-state index < -0.39 is 29.5 Å². The summed E-state index contributed by atoms with van der Waals surface area (Å²) in [6.45, 7) is 0. The highest BCUT2D eigenvalue weighted by Gasteiger charge is 2.45. The standard InChI is InChI=1S/C28H20ClNO7/c1-35-20-8-4-5-15(13-20)24-23(25(31)22-14-17-11-18(29)9-10-21(17)37-22)26(32)27(33)30(24)19-7-3-6-16(12-19)28(34)36-2/h3-14,24,32H,1-2H3.